The van der Waals surface area contributed by atoms with Gasteiger partial charge in [0.2, 0.25) is 0 Å². The minimum Gasteiger partial charge on any atom is -0.507 e. The molecule has 188 valence electrons. The molecule has 1 aromatic heterocycles. The van der Waals surface area contributed by atoms with Crippen molar-refractivity contribution in [3.8, 4) is 11.5 Å². The van der Waals surface area contributed by atoms with E-state index in [4.69, 9.17) is 9.47 Å². The second kappa shape index (κ2) is 10.1. The fraction of sp³-hybridized carbons (Fsp3) is 0.207. The van der Waals surface area contributed by atoms with E-state index >= 15 is 0 Å². The molecule has 1 saturated heterocycles. The van der Waals surface area contributed by atoms with E-state index in [-0.39, 0.29) is 11.3 Å². The van der Waals surface area contributed by atoms with Gasteiger partial charge in [-0.3, -0.25) is 14.5 Å². The Morgan fingerprint density at radius 2 is 1.84 bits per heavy atom. The summed E-state index contributed by atoms with van der Waals surface area (Å²) in [7, 11) is 1.55. The molecule has 0 aliphatic carbocycles. The average molecular weight is 515 g/mol. The number of aliphatic hydroxyl groups is 1. The first-order valence-corrected chi connectivity index (χ1v) is 12.8. The summed E-state index contributed by atoms with van der Waals surface area (Å²) in [5, 5.41) is 11.7. The maximum atomic E-state index is 13.5. The zero-order valence-electron chi connectivity index (χ0n) is 20.7. The second-order valence-electron chi connectivity index (χ2n) is 8.79. The molecule has 4 aromatic rings. The first kappa shape index (κ1) is 24.5. The number of thiazole rings is 1. The van der Waals surface area contributed by atoms with Gasteiger partial charge < -0.3 is 14.6 Å². The lowest BCUT2D eigenvalue weighted by Crippen LogP contribution is -2.29. The molecule has 1 aliphatic heterocycles. The lowest BCUT2D eigenvalue weighted by Gasteiger charge is -2.23. The van der Waals surface area contributed by atoms with Crippen LogP contribution in [0.25, 0.3) is 16.0 Å². The SMILES string of the molecule is CCCOc1cccc([C@H]2C(=C(O)c3ccc(OC)cc3)C(=O)C(=O)N2c2nc3ccc(C)cc3s2)c1. The molecule has 1 N–H and O–H groups in total. The normalized spacial score (nSPS) is 16.9. The smallest absolute Gasteiger partial charge is 0.301 e. The third kappa shape index (κ3) is 4.56. The lowest BCUT2D eigenvalue weighted by atomic mass is 9.95. The standard InChI is InChI=1S/C29H26N2O5S/c1-4-14-36-21-7-5-6-19(16-21)25-24(26(32)18-9-11-20(35-3)12-10-18)27(33)28(34)31(25)29-30-22-13-8-17(2)15-23(22)37-29/h5-13,15-16,25,32H,4,14H2,1-3H3/t25-/m0/s1. The Morgan fingerprint density at radius 3 is 2.57 bits per heavy atom. The number of carbonyl (C=O) groups excluding carboxylic acids is 2. The van der Waals surface area contributed by atoms with Crippen LogP contribution in [0.15, 0.2) is 72.3 Å². The van der Waals surface area contributed by atoms with Gasteiger partial charge in [0.05, 0.1) is 35.5 Å². The van der Waals surface area contributed by atoms with Gasteiger partial charge in [0, 0.05) is 5.56 Å². The fourth-order valence-corrected chi connectivity index (χ4v) is 5.46. The van der Waals surface area contributed by atoms with Gasteiger partial charge in [0.1, 0.15) is 17.3 Å². The molecule has 0 unspecified atom stereocenters. The molecule has 7 nitrogen and oxygen atoms in total. The van der Waals surface area contributed by atoms with Crippen LogP contribution in [0.4, 0.5) is 5.13 Å². The topological polar surface area (TPSA) is 89.0 Å². The van der Waals surface area contributed by atoms with Crippen LogP contribution in [0.5, 0.6) is 11.5 Å². The van der Waals surface area contributed by atoms with E-state index in [1.807, 2.05) is 50.2 Å². The van der Waals surface area contributed by atoms with E-state index < -0.39 is 17.7 Å². The van der Waals surface area contributed by atoms with Crippen molar-refractivity contribution >= 4 is 44.1 Å². The number of ketones is 1. The summed E-state index contributed by atoms with van der Waals surface area (Å²) in [5.74, 6) is -0.539. The minimum atomic E-state index is -0.881. The summed E-state index contributed by atoms with van der Waals surface area (Å²) in [4.78, 5) is 33.0. The van der Waals surface area contributed by atoms with Crippen LogP contribution in [0.1, 0.15) is 36.1 Å². The molecule has 0 saturated carbocycles. The van der Waals surface area contributed by atoms with Gasteiger partial charge >= 0.3 is 5.91 Å². The molecule has 8 heteroatoms. The van der Waals surface area contributed by atoms with Crippen molar-refractivity contribution in [1.29, 1.82) is 0 Å². The van der Waals surface area contributed by atoms with Gasteiger partial charge in [-0.15, -0.1) is 0 Å². The van der Waals surface area contributed by atoms with Gasteiger partial charge in [-0.25, -0.2) is 4.98 Å². The summed E-state index contributed by atoms with van der Waals surface area (Å²) < 4.78 is 11.9. The van der Waals surface area contributed by atoms with Crippen LogP contribution in [0.3, 0.4) is 0 Å². The van der Waals surface area contributed by atoms with E-state index in [2.05, 4.69) is 4.98 Å². The molecule has 0 spiro atoms. The monoisotopic (exact) mass is 514 g/mol. The van der Waals surface area contributed by atoms with Crippen molar-refractivity contribution in [2.45, 2.75) is 26.3 Å². The largest absolute Gasteiger partial charge is 0.507 e. The van der Waals surface area contributed by atoms with E-state index in [9.17, 15) is 14.7 Å². The first-order valence-electron chi connectivity index (χ1n) is 12.0. The summed E-state index contributed by atoms with van der Waals surface area (Å²) in [6, 6.07) is 18.9. The number of amides is 1. The molecule has 1 amide bonds. The number of methoxy groups -OCH3 is 1. The highest BCUT2D eigenvalue weighted by molar-refractivity contribution is 7.22. The summed E-state index contributed by atoms with van der Waals surface area (Å²) in [6.45, 7) is 4.54. The van der Waals surface area contributed by atoms with Gasteiger partial charge in [-0.1, -0.05) is 36.5 Å². The summed E-state index contributed by atoms with van der Waals surface area (Å²) in [6.07, 6.45) is 0.839. The van der Waals surface area contributed by atoms with E-state index in [1.54, 1.807) is 37.4 Å². The van der Waals surface area contributed by atoms with Crippen molar-refractivity contribution in [3.05, 3.63) is 89.0 Å². The van der Waals surface area contributed by atoms with Crippen LogP contribution in [0, 0.1) is 6.92 Å². The Labute approximate surface area is 218 Å². The van der Waals surface area contributed by atoms with Crippen molar-refractivity contribution in [1.82, 2.24) is 4.98 Å². The van der Waals surface area contributed by atoms with Crippen molar-refractivity contribution in [2.75, 3.05) is 18.6 Å². The number of ether oxygens (including phenoxy) is 2. The minimum absolute atomic E-state index is 0.00162. The van der Waals surface area contributed by atoms with Gasteiger partial charge in [-0.2, -0.15) is 0 Å². The number of hydrogen-bond acceptors (Lipinski definition) is 7. The Morgan fingerprint density at radius 1 is 1.05 bits per heavy atom. The zero-order valence-corrected chi connectivity index (χ0v) is 21.5. The van der Waals surface area contributed by atoms with Crippen LogP contribution >= 0.6 is 11.3 Å². The van der Waals surface area contributed by atoms with Gasteiger partial charge in [-0.05, 0) is 73.0 Å². The van der Waals surface area contributed by atoms with Crippen LogP contribution in [-0.4, -0.2) is 35.5 Å². The number of aliphatic hydroxyl groups excluding tert-OH is 1. The molecule has 2 heterocycles. The van der Waals surface area contributed by atoms with Gasteiger partial charge in [0.25, 0.3) is 5.78 Å². The van der Waals surface area contributed by atoms with E-state index in [1.165, 1.54) is 16.2 Å². The lowest BCUT2D eigenvalue weighted by molar-refractivity contribution is -0.132. The van der Waals surface area contributed by atoms with E-state index in [0.717, 1.165) is 22.2 Å². The maximum Gasteiger partial charge on any atom is 0.301 e. The molecule has 0 radical (unpaired) electrons. The Hall–Kier alpha value is -4.17. The molecule has 1 fully saturated rings. The van der Waals surface area contributed by atoms with Crippen LogP contribution in [0.2, 0.25) is 0 Å². The number of fused-ring (bicyclic) bond motifs is 1. The number of carbonyl (C=O) groups is 2. The van der Waals surface area contributed by atoms with E-state index in [0.29, 0.717) is 34.4 Å². The maximum absolute atomic E-state index is 13.5. The molecule has 0 bridgehead atoms. The van der Waals surface area contributed by atoms with Crippen LogP contribution in [-0.2, 0) is 9.59 Å². The highest BCUT2D eigenvalue weighted by atomic mass is 32.1. The van der Waals surface area contributed by atoms with Crippen molar-refractivity contribution in [3.63, 3.8) is 0 Å². The molecular weight excluding hydrogens is 488 g/mol. The summed E-state index contributed by atoms with van der Waals surface area (Å²) in [5.41, 5.74) is 2.85. The highest BCUT2D eigenvalue weighted by Gasteiger charge is 2.48. The number of nitrogens with zero attached hydrogens (tertiary/aromatic N) is 2. The Bertz CT molecular complexity index is 1520. The number of hydrogen-bond donors (Lipinski definition) is 1. The molecule has 5 rings (SSSR count). The first-order chi connectivity index (χ1) is 17.9. The zero-order chi connectivity index (χ0) is 26.1. The number of anilines is 1. The third-order valence-electron chi connectivity index (χ3n) is 6.19. The van der Waals surface area contributed by atoms with Crippen molar-refractivity contribution in [2.24, 2.45) is 0 Å². The molecule has 1 aliphatic rings. The highest BCUT2D eigenvalue weighted by Crippen LogP contribution is 2.45. The predicted octanol–water partition coefficient (Wildman–Crippen LogP) is 6.03. The predicted molar refractivity (Wildman–Crippen MR) is 144 cm³/mol. The number of Topliss-reactive ketones (excluding diaryl/α,β-unsaturated/α-hetero) is 1. The quantitative estimate of drug-likeness (QED) is 0.184. The fourth-order valence-electron chi connectivity index (χ4n) is 4.37. The number of benzene rings is 3. The van der Waals surface area contributed by atoms with Crippen LogP contribution < -0.4 is 14.4 Å². The molecule has 1 atom stereocenters. The third-order valence-corrected chi connectivity index (χ3v) is 7.21. The number of rotatable bonds is 7. The Kier molecular flexibility index (Phi) is 6.67. The van der Waals surface area contributed by atoms with Gasteiger partial charge in [0.15, 0.2) is 5.13 Å². The Balaban J connectivity index is 1.69. The number of aryl methyl sites for hydroxylation is 1. The molecular formula is C29H26N2O5S. The number of aromatic nitrogens is 1. The second-order valence-corrected chi connectivity index (χ2v) is 9.80. The summed E-state index contributed by atoms with van der Waals surface area (Å²) >= 11 is 1.34. The molecule has 3 aromatic carbocycles. The molecule has 37 heavy (non-hydrogen) atoms. The average Bonchev–Trinajstić information content (AvgIpc) is 3.44. The van der Waals surface area contributed by atoms with Crippen molar-refractivity contribution < 1.29 is 24.2 Å².